The summed E-state index contributed by atoms with van der Waals surface area (Å²) in [6, 6.07) is -0.372. The molecule has 80 valence electrons. The van der Waals surface area contributed by atoms with Gasteiger partial charge < -0.3 is 11.1 Å². The number of rotatable bonds is 4. The summed E-state index contributed by atoms with van der Waals surface area (Å²) in [5.41, 5.74) is 5.63. The number of hydrogen-bond donors (Lipinski definition) is 2. The maximum Gasteiger partial charge on any atom is 0.237 e. The van der Waals surface area contributed by atoms with Gasteiger partial charge in [0.25, 0.3) is 0 Å². The quantitative estimate of drug-likeness (QED) is 0.729. The van der Waals surface area contributed by atoms with Crippen LogP contribution in [0.25, 0.3) is 0 Å². The van der Waals surface area contributed by atoms with Crippen molar-refractivity contribution < 1.29 is 4.79 Å². The highest BCUT2D eigenvalue weighted by Gasteiger charge is 2.16. The van der Waals surface area contributed by atoms with E-state index in [4.69, 9.17) is 5.73 Å². The van der Waals surface area contributed by atoms with Gasteiger partial charge in [0.05, 0.1) is 6.04 Å². The van der Waals surface area contributed by atoms with Gasteiger partial charge in [0.2, 0.25) is 5.91 Å². The van der Waals surface area contributed by atoms with Crippen LogP contribution in [0, 0.1) is 11.8 Å². The SMILES string of the molecule is CC(C)CNC(=O)C(N)C(C)C.Cl. The van der Waals surface area contributed by atoms with E-state index < -0.39 is 0 Å². The summed E-state index contributed by atoms with van der Waals surface area (Å²) in [5.74, 6) is 0.643. The van der Waals surface area contributed by atoms with Crippen molar-refractivity contribution in [2.24, 2.45) is 17.6 Å². The summed E-state index contributed by atoms with van der Waals surface area (Å²) < 4.78 is 0. The standard InChI is InChI=1S/C9H20N2O.ClH/c1-6(2)5-11-9(12)8(10)7(3)4;/h6-8H,5,10H2,1-4H3,(H,11,12);1H. The van der Waals surface area contributed by atoms with Crippen molar-refractivity contribution in [3.05, 3.63) is 0 Å². The molecule has 0 bridgehead atoms. The fourth-order valence-electron chi connectivity index (χ4n) is 0.725. The van der Waals surface area contributed by atoms with Crippen LogP contribution in [0.5, 0.6) is 0 Å². The van der Waals surface area contributed by atoms with Crippen LogP contribution in [0.15, 0.2) is 0 Å². The van der Waals surface area contributed by atoms with Gasteiger partial charge in [-0.25, -0.2) is 0 Å². The molecule has 4 heteroatoms. The van der Waals surface area contributed by atoms with Crippen LogP contribution in [0.3, 0.4) is 0 Å². The normalized spacial score (nSPS) is 12.5. The van der Waals surface area contributed by atoms with E-state index >= 15 is 0 Å². The van der Waals surface area contributed by atoms with Crippen molar-refractivity contribution in [2.75, 3.05) is 6.54 Å². The first-order valence-corrected chi connectivity index (χ1v) is 4.48. The first-order valence-electron chi connectivity index (χ1n) is 4.48. The average molecular weight is 209 g/mol. The van der Waals surface area contributed by atoms with Crippen LogP contribution in [0.4, 0.5) is 0 Å². The number of hydrogen-bond acceptors (Lipinski definition) is 2. The Hall–Kier alpha value is -0.280. The molecule has 1 amide bonds. The van der Waals surface area contributed by atoms with Crippen LogP contribution in [0.1, 0.15) is 27.7 Å². The van der Waals surface area contributed by atoms with Crippen molar-refractivity contribution in [1.82, 2.24) is 5.32 Å². The minimum Gasteiger partial charge on any atom is -0.354 e. The number of carbonyl (C=O) groups is 1. The molecule has 13 heavy (non-hydrogen) atoms. The summed E-state index contributed by atoms with van der Waals surface area (Å²) in [4.78, 5) is 11.3. The Bertz CT molecular complexity index is 149. The van der Waals surface area contributed by atoms with Gasteiger partial charge in [0.15, 0.2) is 0 Å². The summed E-state index contributed by atoms with van der Waals surface area (Å²) in [5, 5.41) is 2.80. The largest absolute Gasteiger partial charge is 0.354 e. The van der Waals surface area contributed by atoms with Gasteiger partial charge in [-0.2, -0.15) is 0 Å². The molecule has 3 N–H and O–H groups in total. The molecular weight excluding hydrogens is 188 g/mol. The van der Waals surface area contributed by atoms with Gasteiger partial charge in [0, 0.05) is 6.54 Å². The van der Waals surface area contributed by atoms with E-state index in [0.29, 0.717) is 12.5 Å². The number of carbonyl (C=O) groups excluding carboxylic acids is 1. The third kappa shape index (κ3) is 6.84. The van der Waals surface area contributed by atoms with E-state index in [2.05, 4.69) is 19.2 Å². The molecule has 0 aliphatic rings. The summed E-state index contributed by atoms with van der Waals surface area (Å²) >= 11 is 0. The van der Waals surface area contributed by atoms with Gasteiger partial charge in [-0.05, 0) is 11.8 Å². The van der Waals surface area contributed by atoms with E-state index in [0.717, 1.165) is 0 Å². The highest BCUT2D eigenvalue weighted by molar-refractivity contribution is 5.85. The molecule has 0 radical (unpaired) electrons. The zero-order valence-corrected chi connectivity index (χ0v) is 9.65. The summed E-state index contributed by atoms with van der Waals surface area (Å²) in [6.07, 6.45) is 0. The zero-order chi connectivity index (χ0) is 9.72. The fourth-order valence-corrected chi connectivity index (χ4v) is 0.725. The second kappa shape index (κ2) is 7.15. The van der Waals surface area contributed by atoms with E-state index in [1.807, 2.05) is 13.8 Å². The molecule has 0 spiro atoms. The number of nitrogens with two attached hydrogens (primary N) is 1. The Morgan fingerprint density at radius 2 is 1.77 bits per heavy atom. The molecule has 3 nitrogen and oxygen atoms in total. The fraction of sp³-hybridized carbons (Fsp3) is 0.889. The van der Waals surface area contributed by atoms with Crippen molar-refractivity contribution >= 4 is 18.3 Å². The molecule has 1 unspecified atom stereocenters. The Kier molecular flexibility index (Phi) is 8.37. The first-order chi connectivity index (χ1) is 5.45. The van der Waals surface area contributed by atoms with E-state index in [1.54, 1.807) is 0 Å². The third-order valence-electron chi connectivity index (χ3n) is 1.71. The molecule has 0 aliphatic carbocycles. The lowest BCUT2D eigenvalue weighted by molar-refractivity contribution is -0.123. The van der Waals surface area contributed by atoms with Gasteiger partial charge >= 0.3 is 0 Å². The molecule has 0 fully saturated rings. The van der Waals surface area contributed by atoms with Gasteiger partial charge in [-0.3, -0.25) is 4.79 Å². The second-order valence-electron chi connectivity index (χ2n) is 3.91. The molecule has 0 aromatic heterocycles. The number of nitrogens with one attached hydrogen (secondary N) is 1. The monoisotopic (exact) mass is 208 g/mol. The molecule has 0 aromatic carbocycles. The topological polar surface area (TPSA) is 55.1 Å². The lowest BCUT2D eigenvalue weighted by Gasteiger charge is -2.16. The van der Waals surface area contributed by atoms with Crippen molar-refractivity contribution in [3.8, 4) is 0 Å². The van der Waals surface area contributed by atoms with E-state index in [1.165, 1.54) is 0 Å². The summed E-state index contributed by atoms with van der Waals surface area (Å²) in [6.45, 7) is 8.71. The lowest BCUT2D eigenvalue weighted by Crippen LogP contribution is -2.44. The van der Waals surface area contributed by atoms with Crippen molar-refractivity contribution in [1.29, 1.82) is 0 Å². The summed E-state index contributed by atoms with van der Waals surface area (Å²) in [7, 11) is 0. The van der Waals surface area contributed by atoms with Gasteiger partial charge in [0.1, 0.15) is 0 Å². The van der Waals surface area contributed by atoms with Crippen molar-refractivity contribution in [3.63, 3.8) is 0 Å². The van der Waals surface area contributed by atoms with Crippen LogP contribution < -0.4 is 11.1 Å². The molecule has 0 heterocycles. The predicted molar refractivity (Wildman–Crippen MR) is 57.9 cm³/mol. The predicted octanol–water partition coefficient (Wildman–Crippen LogP) is 1.16. The van der Waals surface area contributed by atoms with Gasteiger partial charge in [-0.15, -0.1) is 12.4 Å². The molecule has 0 saturated heterocycles. The van der Waals surface area contributed by atoms with Gasteiger partial charge in [-0.1, -0.05) is 27.7 Å². The lowest BCUT2D eigenvalue weighted by atomic mass is 10.0. The highest BCUT2D eigenvalue weighted by atomic mass is 35.5. The molecule has 0 aromatic rings. The Morgan fingerprint density at radius 3 is 2.08 bits per heavy atom. The Morgan fingerprint density at radius 1 is 1.31 bits per heavy atom. The van der Waals surface area contributed by atoms with Crippen LogP contribution in [-0.2, 0) is 4.79 Å². The average Bonchev–Trinajstić information content (AvgIpc) is 1.98. The van der Waals surface area contributed by atoms with E-state index in [9.17, 15) is 4.79 Å². The van der Waals surface area contributed by atoms with Crippen LogP contribution in [0.2, 0.25) is 0 Å². The molecule has 0 rings (SSSR count). The minimum absolute atomic E-state index is 0. The second-order valence-corrected chi connectivity index (χ2v) is 3.91. The number of amides is 1. The zero-order valence-electron chi connectivity index (χ0n) is 8.83. The highest BCUT2D eigenvalue weighted by Crippen LogP contribution is 1.98. The molecular formula is C9H21ClN2O. The molecule has 1 atom stereocenters. The minimum atomic E-state index is -0.372. The van der Waals surface area contributed by atoms with Crippen molar-refractivity contribution in [2.45, 2.75) is 33.7 Å². The smallest absolute Gasteiger partial charge is 0.237 e. The molecule has 0 aliphatic heterocycles. The maximum atomic E-state index is 11.3. The molecule has 0 saturated carbocycles. The first kappa shape index (κ1) is 15.2. The Labute approximate surface area is 86.9 Å². The van der Waals surface area contributed by atoms with E-state index in [-0.39, 0.29) is 30.3 Å². The number of halogens is 1. The third-order valence-corrected chi connectivity index (χ3v) is 1.71. The van der Waals surface area contributed by atoms with Crippen LogP contribution >= 0.6 is 12.4 Å². The maximum absolute atomic E-state index is 11.3. The Balaban J connectivity index is 0. The van der Waals surface area contributed by atoms with Crippen LogP contribution in [-0.4, -0.2) is 18.5 Å².